The molecule has 0 spiro atoms. The van der Waals surface area contributed by atoms with Gasteiger partial charge in [0.25, 0.3) is 0 Å². The smallest absolute Gasteiger partial charge is 0.180 e. The van der Waals surface area contributed by atoms with Gasteiger partial charge >= 0.3 is 0 Å². The normalized spacial score (nSPS) is 23.8. The van der Waals surface area contributed by atoms with Crippen LogP contribution in [0.15, 0.2) is 34.6 Å². The van der Waals surface area contributed by atoms with Crippen LogP contribution in [-0.4, -0.2) is 22.5 Å². The van der Waals surface area contributed by atoms with Crippen molar-refractivity contribution in [2.24, 2.45) is 17.3 Å². The minimum Gasteiger partial charge on any atom is -0.510 e. The summed E-state index contributed by atoms with van der Waals surface area (Å²) in [6.07, 6.45) is 4.08. The number of carbonyl (C=O) groups excluding carboxylic acids is 3. The second kappa shape index (κ2) is 7.94. The largest absolute Gasteiger partial charge is 0.510 e. The van der Waals surface area contributed by atoms with E-state index >= 15 is 0 Å². The van der Waals surface area contributed by atoms with Crippen molar-refractivity contribution in [3.63, 3.8) is 0 Å². The minimum absolute atomic E-state index is 0.193. The Balaban J connectivity index is 3.72. The highest BCUT2D eigenvalue weighted by Gasteiger charge is 2.52. The molecule has 2 atom stereocenters. The van der Waals surface area contributed by atoms with E-state index in [1.807, 2.05) is 33.8 Å². The number of aliphatic hydroxyl groups excluding tert-OH is 1. The Kier molecular flexibility index (Phi) is 6.69. The van der Waals surface area contributed by atoms with Gasteiger partial charge in [-0.1, -0.05) is 44.1 Å². The van der Waals surface area contributed by atoms with Crippen LogP contribution >= 0.6 is 0 Å². The molecular weight excluding hydrogens is 316 g/mol. The lowest BCUT2D eigenvalue weighted by molar-refractivity contribution is -0.139. The van der Waals surface area contributed by atoms with E-state index < -0.39 is 28.8 Å². The highest BCUT2D eigenvalue weighted by atomic mass is 16.3. The fourth-order valence-electron chi connectivity index (χ4n) is 3.23. The van der Waals surface area contributed by atoms with E-state index in [2.05, 4.69) is 0 Å². The number of allylic oxidation sites excluding steroid dienone is 5. The second-order valence-electron chi connectivity index (χ2n) is 7.59. The molecule has 2 unspecified atom stereocenters. The van der Waals surface area contributed by atoms with Crippen LogP contribution in [-0.2, 0) is 14.4 Å². The maximum absolute atomic E-state index is 13.2. The third kappa shape index (κ3) is 4.00. The van der Waals surface area contributed by atoms with Crippen molar-refractivity contribution in [3.8, 4) is 0 Å². The van der Waals surface area contributed by atoms with Crippen molar-refractivity contribution in [1.82, 2.24) is 0 Å². The number of carbonyl (C=O) groups is 3. The van der Waals surface area contributed by atoms with Crippen LogP contribution in [0, 0.1) is 17.3 Å². The molecule has 0 fully saturated rings. The summed E-state index contributed by atoms with van der Waals surface area (Å²) in [4.78, 5) is 38.7. The van der Waals surface area contributed by atoms with E-state index in [9.17, 15) is 19.5 Å². The zero-order valence-electron chi connectivity index (χ0n) is 16.4. The van der Waals surface area contributed by atoms with Gasteiger partial charge in [0, 0.05) is 5.92 Å². The summed E-state index contributed by atoms with van der Waals surface area (Å²) in [5.74, 6) is -3.02. The van der Waals surface area contributed by atoms with E-state index in [1.54, 1.807) is 26.8 Å². The first-order chi connectivity index (χ1) is 11.5. The molecule has 0 radical (unpaired) electrons. The SMILES string of the molecule is CCC1(C=C(C)C)C(=O)C(CC=C(C)C)C(=O)C(C(=O)C(C)C)=C1O. The monoisotopic (exact) mass is 346 g/mol. The molecule has 138 valence electrons. The molecule has 0 amide bonds. The summed E-state index contributed by atoms with van der Waals surface area (Å²) in [5, 5.41) is 10.8. The Morgan fingerprint density at radius 1 is 1.16 bits per heavy atom. The van der Waals surface area contributed by atoms with Crippen molar-refractivity contribution < 1.29 is 19.5 Å². The third-order valence-electron chi connectivity index (χ3n) is 4.60. The molecule has 0 saturated carbocycles. The first-order valence-electron chi connectivity index (χ1n) is 8.85. The first kappa shape index (κ1) is 21.1. The fourth-order valence-corrected chi connectivity index (χ4v) is 3.23. The van der Waals surface area contributed by atoms with Crippen molar-refractivity contribution in [3.05, 3.63) is 34.6 Å². The lowest BCUT2D eigenvalue weighted by atomic mass is 9.64. The van der Waals surface area contributed by atoms with E-state index in [-0.39, 0.29) is 23.5 Å². The van der Waals surface area contributed by atoms with Crippen LogP contribution < -0.4 is 0 Å². The van der Waals surface area contributed by atoms with Gasteiger partial charge in [-0.05, 0) is 40.5 Å². The first-order valence-corrected chi connectivity index (χ1v) is 8.85. The predicted octanol–water partition coefficient (Wildman–Crippen LogP) is 4.51. The predicted molar refractivity (Wildman–Crippen MR) is 99.2 cm³/mol. The van der Waals surface area contributed by atoms with Gasteiger partial charge in [0.1, 0.15) is 16.7 Å². The van der Waals surface area contributed by atoms with Crippen molar-refractivity contribution in [2.75, 3.05) is 0 Å². The Labute approximate surface area is 150 Å². The summed E-state index contributed by atoms with van der Waals surface area (Å²) in [6.45, 7) is 12.6. The number of aliphatic hydroxyl groups is 1. The van der Waals surface area contributed by atoms with Crippen LogP contribution in [0.1, 0.15) is 61.3 Å². The Morgan fingerprint density at radius 3 is 2.12 bits per heavy atom. The van der Waals surface area contributed by atoms with Gasteiger partial charge in [0.2, 0.25) is 0 Å². The molecule has 1 N–H and O–H groups in total. The highest BCUT2D eigenvalue weighted by molar-refractivity contribution is 6.29. The topological polar surface area (TPSA) is 71.4 Å². The molecule has 0 aromatic carbocycles. The molecule has 4 nitrogen and oxygen atoms in total. The molecule has 0 saturated heterocycles. The van der Waals surface area contributed by atoms with E-state index in [0.29, 0.717) is 6.42 Å². The van der Waals surface area contributed by atoms with Gasteiger partial charge in [-0.15, -0.1) is 0 Å². The molecule has 25 heavy (non-hydrogen) atoms. The van der Waals surface area contributed by atoms with Gasteiger partial charge in [-0.2, -0.15) is 0 Å². The maximum Gasteiger partial charge on any atom is 0.180 e. The summed E-state index contributed by atoms with van der Waals surface area (Å²) in [6, 6.07) is 0. The number of Topliss-reactive ketones (excluding diaryl/α,β-unsaturated/α-hetero) is 3. The van der Waals surface area contributed by atoms with Crippen LogP contribution in [0.2, 0.25) is 0 Å². The number of hydrogen-bond donors (Lipinski definition) is 1. The number of rotatable bonds is 6. The standard InChI is InChI=1S/C21H30O4/c1-8-21(11-13(4)5)19(24)15(10-9-12(2)3)18(23)16(20(21)25)17(22)14(6)7/h9,11,14-15,25H,8,10H2,1-7H3. The van der Waals surface area contributed by atoms with E-state index in [0.717, 1.165) is 11.1 Å². The van der Waals surface area contributed by atoms with E-state index in [4.69, 9.17) is 0 Å². The minimum atomic E-state index is -1.30. The molecule has 1 aliphatic carbocycles. The zero-order valence-corrected chi connectivity index (χ0v) is 16.4. The van der Waals surface area contributed by atoms with Crippen molar-refractivity contribution in [1.29, 1.82) is 0 Å². The van der Waals surface area contributed by atoms with Gasteiger partial charge in [-0.3, -0.25) is 14.4 Å². The molecular formula is C21H30O4. The van der Waals surface area contributed by atoms with Crippen LogP contribution in [0.4, 0.5) is 0 Å². The van der Waals surface area contributed by atoms with Crippen molar-refractivity contribution in [2.45, 2.75) is 61.3 Å². The third-order valence-corrected chi connectivity index (χ3v) is 4.60. The summed E-state index contributed by atoms with van der Waals surface area (Å²) >= 11 is 0. The van der Waals surface area contributed by atoms with Gasteiger partial charge in [0.05, 0.1) is 5.92 Å². The lowest BCUT2D eigenvalue weighted by Gasteiger charge is -2.37. The highest BCUT2D eigenvalue weighted by Crippen LogP contribution is 2.44. The molecule has 1 aliphatic rings. The number of ketones is 3. The maximum atomic E-state index is 13.2. The second-order valence-corrected chi connectivity index (χ2v) is 7.59. The van der Waals surface area contributed by atoms with Crippen molar-refractivity contribution >= 4 is 17.3 Å². The number of hydrogen-bond acceptors (Lipinski definition) is 4. The molecule has 0 aliphatic heterocycles. The van der Waals surface area contributed by atoms with Gasteiger partial charge < -0.3 is 5.11 Å². The summed E-state index contributed by atoms with van der Waals surface area (Å²) in [5.41, 5.74) is 0.363. The average molecular weight is 346 g/mol. The Morgan fingerprint density at radius 2 is 1.72 bits per heavy atom. The Hall–Kier alpha value is -1.97. The van der Waals surface area contributed by atoms with Crippen LogP contribution in [0.25, 0.3) is 0 Å². The van der Waals surface area contributed by atoms with Crippen LogP contribution in [0.5, 0.6) is 0 Å². The fraction of sp³-hybridized carbons (Fsp3) is 0.571. The average Bonchev–Trinajstić information content (AvgIpc) is 2.50. The van der Waals surface area contributed by atoms with Crippen LogP contribution in [0.3, 0.4) is 0 Å². The molecule has 0 aromatic heterocycles. The van der Waals surface area contributed by atoms with Gasteiger partial charge in [-0.25, -0.2) is 0 Å². The lowest BCUT2D eigenvalue weighted by Crippen LogP contribution is -2.47. The summed E-state index contributed by atoms with van der Waals surface area (Å²) in [7, 11) is 0. The van der Waals surface area contributed by atoms with Gasteiger partial charge in [0.15, 0.2) is 17.3 Å². The molecule has 4 heteroatoms. The quantitative estimate of drug-likeness (QED) is 0.436. The molecule has 0 heterocycles. The Bertz CT molecular complexity index is 668. The molecule has 1 rings (SSSR count). The zero-order chi connectivity index (χ0) is 19.5. The molecule has 0 bridgehead atoms. The summed E-state index contributed by atoms with van der Waals surface area (Å²) < 4.78 is 0. The van der Waals surface area contributed by atoms with E-state index in [1.165, 1.54) is 0 Å². The molecule has 0 aromatic rings.